The van der Waals surface area contributed by atoms with E-state index in [0.29, 0.717) is 12.5 Å². The summed E-state index contributed by atoms with van der Waals surface area (Å²) in [7, 11) is 1.97. The van der Waals surface area contributed by atoms with Crippen LogP contribution in [0.5, 0.6) is 0 Å². The van der Waals surface area contributed by atoms with Crippen LogP contribution in [0.25, 0.3) is 0 Å². The zero-order valence-corrected chi connectivity index (χ0v) is 14.5. The first-order valence-electron chi connectivity index (χ1n) is 8.67. The van der Waals surface area contributed by atoms with Gasteiger partial charge in [0.15, 0.2) is 5.82 Å². The number of hydrogen-bond acceptors (Lipinski definition) is 5. The number of likely N-dealkylation sites (tertiary alicyclic amines) is 1. The molecule has 1 N–H and O–H groups in total. The van der Waals surface area contributed by atoms with Gasteiger partial charge in [-0.1, -0.05) is 18.2 Å². The molecule has 6 nitrogen and oxygen atoms in total. The number of carbonyl (C=O) groups is 1. The first kappa shape index (κ1) is 17.4. The summed E-state index contributed by atoms with van der Waals surface area (Å²) in [4.78, 5) is 15.4. The van der Waals surface area contributed by atoms with Crippen molar-refractivity contribution in [3.8, 4) is 0 Å². The second-order valence-electron chi connectivity index (χ2n) is 6.49. The number of carbonyl (C=O) groups excluding carboxylic acids is 1. The molecule has 132 valence electrons. The topological polar surface area (TPSA) is 69.6 Å². The Hall–Kier alpha value is -2.47. The highest BCUT2D eigenvalue weighted by molar-refractivity contribution is 5.77. The minimum absolute atomic E-state index is 0.185. The van der Waals surface area contributed by atoms with Crippen LogP contribution >= 0.6 is 0 Å². The number of piperidine rings is 1. The number of benzene rings is 1. The SMILES string of the molecule is CN(c1ccccc1)c1ccc(C[C@H]2CCCN(C(=O)CO)C2)nn1. The van der Waals surface area contributed by atoms with Crippen molar-refractivity contribution < 1.29 is 9.90 Å². The van der Waals surface area contributed by atoms with Crippen LogP contribution in [0.15, 0.2) is 42.5 Å². The van der Waals surface area contributed by atoms with E-state index in [1.54, 1.807) is 4.90 Å². The minimum Gasteiger partial charge on any atom is -0.387 e. The fourth-order valence-electron chi connectivity index (χ4n) is 3.28. The molecular formula is C19H24N4O2. The van der Waals surface area contributed by atoms with E-state index in [1.807, 2.05) is 54.4 Å². The molecule has 0 spiro atoms. The minimum atomic E-state index is -0.410. The van der Waals surface area contributed by atoms with Crippen LogP contribution in [0.2, 0.25) is 0 Å². The Morgan fingerprint density at radius 1 is 1.24 bits per heavy atom. The maximum Gasteiger partial charge on any atom is 0.248 e. The number of para-hydroxylation sites is 1. The van der Waals surface area contributed by atoms with Crippen LogP contribution in [0.1, 0.15) is 18.5 Å². The fraction of sp³-hybridized carbons (Fsp3) is 0.421. The normalized spacial score (nSPS) is 17.4. The molecule has 1 amide bonds. The third-order valence-corrected chi connectivity index (χ3v) is 4.70. The summed E-state index contributed by atoms with van der Waals surface area (Å²) in [6.45, 7) is 1.02. The van der Waals surface area contributed by atoms with E-state index in [-0.39, 0.29) is 5.91 Å². The van der Waals surface area contributed by atoms with Crippen molar-refractivity contribution in [1.82, 2.24) is 15.1 Å². The highest BCUT2D eigenvalue weighted by atomic mass is 16.3. The third kappa shape index (κ3) is 4.33. The summed E-state index contributed by atoms with van der Waals surface area (Å²) < 4.78 is 0. The quantitative estimate of drug-likeness (QED) is 0.902. The molecule has 2 aromatic rings. The Bertz CT molecular complexity index is 690. The third-order valence-electron chi connectivity index (χ3n) is 4.70. The summed E-state index contributed by atoms with van der Waals surface area (Å²) in [6, 6.07) is 14.0. The summed E-state index contributed by atoms with van der Waals surface area (Å²) >= 11 is 0. The maximum atomic E-state index is 11.7. The second kappa shape index (κ2) is 8.07. The Morgan fingerprint density at radius 3 is 2.72 bits per heavy atom. The molecule has 1 saturated heterocycles. The monoisotopic (exact) mass is 340 g/mol. The van der Waals surface area contributed by atoms with Crippen LogP contribution in [0.4, 0.5) is 11.5 Å². The van der Waals surface area contributed by atoms with Crippen LogP contribution in [-0.4, -0.2) is 52.9 Å². The van der Waals surface area contributed by atoms with E-state index in [4.69, 9.17) is 5.11 Å². The lowest BCUT2D eigenvalue weighted by Crippen LogP contribution is -2.41. The van der Waals surface area contributed by atoms with Gasteiger partial charge in [0.2, 0.25) is 5.91 Å². The number of nitrogens with zero attached hydrogens (tertiary/aromatic N) is 4. The predicted molar refractivity (Wildman–Crippen MR) is 96.6 cm³/mol. The van der Waals surface area contributed by atoms with E-state index < -0.39 is 6.61 Å². The molecule has 1 aliphatic heterocycles. The van der Waals surface area contributed by atoms with Crippen molar-refractivity contribution in [3.05, 3.63) is 48.2 Å². The summed E-state index contributed by atoms with van der Waals surface area (Å²) in [5.74, 6) is 0.988. The molecule has 3 rings (SSSR count). The molecule has 0 radical (unpaired) electrons. The van der Waals surface area contributed by atoms with E-state index in [2.05, 4.69) is 10.2 Å². The molecule has 6 heteroatoms. The zero-order chi connectivity index (χ0) is 17.6. The van der Waals surface area contributed by atoms with Gasteiger partial charge in [-0.2, -0.15) is 5.10 Å². The molecular weight excluding hydrogens is 316 g/mol. The lowest BCUT2D eigenvalue weighted by Gasteiger charge is -2.32. The number of amides is 1. The summed E-state index contributed by atoms with van der Waals surface area (Å²) in [6.07, 6.45) is 2.85. The van der Waals surface area contributed by atoms with Gasteiger partial charge < -0.3 is 14.9 Å². The second-order valence-corrected chi connectivity index (χ2v) is 6.49. The van der Waals surface area contributed by atoms with Gasteiger partial charge in [0, 0.05) is 25.8 Å². The van der Waals surface area contributed by atoms with Gasteiger partial charge in [-0.3, -0.25) is 4.79 Å². The molecule has 0 saturated carbocycles. The molecule has 0 unspecified atom stereocenters. The molecule has 25 heavy (non-hydrogen) atoms. The number of rotatable bonds is 5. The van der Waals surface area contributed by atoms with Crippen LogP contribution in [-0.2, 0) is 11.2 Å². The number of aromatic nitrogens is 2. The highest BCUT2D eigenvalue weighted by Gasteiger charge is 2.23. The lowest BCUT2D eigenvalue weighted by atomic mass is 9.93. The van der Waals surface area contributed by atoms with Crippen molar-refractivity contribution in [2.75, 3.05) is 31.6 Å². The average molecular weight is 340 g/mol. The van der Waals surface area contributed by atoms with Crippen molar-refractivity contribution in [2.24, 2.45) is 5.92 Å². The Morgan fingerprint density at radius 2 is 2.04 bits per heavy atom. The standard InChI is InChI=1S/C19H24N4O2/c1-22(17-7-3-2-4-8-17)18-10-9-16(20-21-18)12-15-6-5-11-23(13-15)19(25)14-24/h2-4,7-10,15,24H,5-6,11-14H2,1H3/t15-/m1/s1. The van der Waals surface area contributed by atoms with Gasteiger partial charge >= 0.3 is 0 Å². The smallest absolute Gasteiger partial charge is 0.248 e. The molecule has 1 aliphatic rings. The predicted octanol–water partition coefficient (Wildman–Crippen LogP) is 2.02. The van der Waals surface area contributed by atoms with Crippen LogP contribution < -0.4 is 4.90 Å². The molecule has 0 bridgehead atoms. The first-order chi connectivity index (χ1) is 12.2. The molecule has 1 atom stereocenters. The first-order valence-corrected chi connectivity index (χ1v) is 8.67. The number of hydrogen-bond donors (Lipinski definition) is 1. The van der Waals surface area contributed by atoms with Crippen molar-refractivity contribution in [1.29, 1.82) is 0 Å². The Labute approximate surface area is 148 Å². The van der Waals surface area contributed by atoms with Crippen molar-refractivity contribution in [2.45, 2.75) is 19.3 Å². The summed E-state index contributed by atoms with van der Waals surface area (Å²) in [5.41, 5.74) is 2.00. The van der Waals surface area contributed by atoms with Gasteiger partial charge in [-0.05, 0) is 49.4 Å². The van der Waals surface area contributed by atoms with E-state index in [9.17, 15) is 4.79 Å². The number of aliphatic hydroxyl groups excluding tert-OH is 1. The molecule has 1 aromatic heterocycles. The highest BCUT2D eigenvalue weighted by Crippen LogP contribution is 2.23. The van der Waals surface area contributed by atoms with Crippen LogP contribution in [0, 0.1) is 5.92 Å². The number of anilines is 2. The van der Waals surface area contributed by atoms with Crippen molar-refractivity contribution >= 4 is 17.4 Å². The molecule has 2 heterocycles. The Balaban J connectivity index is 1.62. The maximum absolute atomic E-state index is 11.7. The number of aliphatic hydroxyl groups is 1. The van der Waals surface area contributed by atoms with Gasteiger partial charge in [0.1, 0.15) is 6.61 Å². The van der Waals surface area contributed by atoms with Gasteiger partial charge in [-0.15, -0.1) is 5.10 Å². The zero-order valence-electron chi connectivity index (χ0n) is 14.5. The Kier molecular flexibility index (Phi) is 5.60. The van der Waals surface area contributed by atoms with E-state index >= 15 is 0 Å². The summed E-state index contributed by atoms with van der Waals surface area (Å²) in [5, 5.41) is 17.7. The van der Waals surface area contributed by atoms with Gasteiger partial charge in [0.05, 0.1) is 5.69 Å². The van der Waals surface area contributed by atoms with E-state index in [0.717, 1.165) is 43.0 Å². The van der Waals surface area contributed by atoms with Gasteiger partial charge in [-0.25, -0.2) is 0 Å². The molecule has 1 fully saturated rings. The lowest BCUT2D eigenvalue weighted by molar-refractivity contribution is -0.136. The van der Waals surface area contributed by atoms with Crippen molar-refractivity contribution in [3.63, 3.8) is 0 Å². The van der Waals surface area contributed by atoms with E-state index in [1.165, 1.54) is 0 Å². The largest absolute Gasteiger partial charge is 0.387 e. The molecule has 0 aliphatic carbocycles. The average Bonchev–Trinajstić information content (AvgIpc) is 2.68. The van der Waals surface area contributed by atoms with Crippen LogP contribution in [0.3, 0.4) is 0 Å². The van der Waals surface area contributed by atoms with Gasteiger partial charge in [0.25, 0.3) is 0 Å². The fourth-order valence-corrected chi connectivity index (χ4v) is 3.28. The molecule has 1 aromatic carbocycles.